The molecular weight excluding hydrogens is 485 g/mol. The molecule has 0 saturated carbocycles. The summed E-state index contributed by atoms with van der Waals surface area (Å²) in [6, 6.07) is 14.7. The van der Waals surface area contributed by atoms with Crippen molar-refractivity contribution in [2.75, 3.05) is 19.6 Å². The van der Waals surface area contributed by atoms with Crippen LogP contribution in [0.15, 0.2) is 54.6 Å². The molecule has 1 N–H and O–H groups in total. The summed E-state index contributed by atoms with van der Waals surface area (Å²) >= 11 is 0. The van der Waals surface area contributed by atoms with Crippen LogP contribution in [0.1, 0.15) is 57.7 Å². The van der Waals surface area contributed by atoms with Gasteiger partial charge in [0.15, 0.2) is 0 Å². The highest BCUT2D eigenvalue weighted by Crippen LogP contribution is 2.35. The van der Waals surface area contributed by atoms with Crippen molar-refractivity contribution in [2.45, 2.75) is 65.3 Å². The molecule has 2 fully saturated rings. The number of rotatable bonds is 8. The average molecular weight is 524 g/mol. The third-order valence-corrected chi connectivity index (χ3v) is 7.77. The van der Waals surface area contributed by atoms with Crippen molar-refractivity contribution >= 4 is 17.8 Å². The van der Waals surface area contributed by atoms with Crippen molar-refractivity contribution in [2.24, 2.45) is 5.92 Å². The largest absolute Gasteiger partial charge is 0.334 e. The van der Waals surface area contributed by atoms with Gasteiger partial charge in [0.1, 0.15) is 18.0 Å². The van der Waals surface area contributed by atoms with Gasteiger partial charge in [-0.25, -0.2) is 19.2 Å². The summed E-state index contributed by atoms with van der Waals surface area (Å²) in [6.07, 6.45) is 0.786. The van der Waals surface area contributed by atoms with Crippen molar-refractivity contribution in [3.05, 3.63) is 71.5 Å². The zero-order valence-electron chi connectivity index (χ0n) is 22.6. The molecule has 0 bridgehead atoms. The van der Waals surface area contributed by atoms with Crippen molar-refractivity contribution in [1.29, 1.82) is 0 Å². The van der Waals surface area contributed by atoms with Gasteiger partial charge in [0.05, 0.1) is 19.1 Å². The number of hydrogen-bond acceptors (Lipinski definition) is 4. The fourth-order valence-corrected chi connectivity index (χ4v) is 5.57. The number of nitrogens with one attached hydrogen (secondary N) is 1. The molecule has 38 heavy (non-hydrogen) atoms. The van der Waals surface area contributed by atoms with E-state index in [4.69, 9.17) is 0 Å². The molecule has 204 valence electrons. The molecule has 0 radical (unpaired) electrons. The summed E-state index contributed by atoms with van der Waals surface area (Å²) in [6.45, 7) is 8.86. The molecule has 2 heterocycles. The molecule has 4 amide bonds. The van der Waals surface area contributed by atoms with Gasteiger partial charge in [0.25, 0.3) is 0 Å². The van der Waals surface area contributed by atoms with Gasteiger partial charge in [0, 0.05) is 13.1 Å². The highest BCUT2D eigenvalue weighted by molar-refractivity contribution is 5.92. The van der Waals surface area contributed by atoms with E-state index in [1.54, 1.807) is 27.1 Å². The first-order chi connectivity index (χ1) is 18.3. The van der Waals surface area contributed by atoms with Crippen molar-refractivity contribution in [1.82, 2.24) is 25.1 Å². The second-order valence-corrected chi connectivity index (χ2v) is 10.0. The summed E-state index contributed by atoms with van der Waals surface area (Å²) < 4.78 is 13.3. The Bertz CT molecular complexity index is 1130. The van der Waals surface area contributed by atoms with E-state index in [0.717, 1.165) is 17.5 Å². The zero-order chi connectivity index (χ0) is 27.4. The number of nitrogens with zero attached hydrogens (tertiary/aromatic N) is 4. The lowest BCUT2D eigenvalue weighted by Gasteiger charge is -2.57. The maximum atomic E-state index is 14.0. The van der Waals surface area contributed by atoms with Gasteiger partial charge in [-0.3, -0.25) is 9.59 Å². The predicted octanol–water partition coefficient (Wildman–Crippen LogP) is 4.15. The lowest BCUT2D eigenvalue weighted by Crippen LogP contribution is -2.77. The number of urea groups is 1. The van der Waals surface area contributed by atoms with Gasteiger partial charge in [-0.1, -0.05) is 76.6 Å². The van der Waals surface area contributed by atoms with E-state index in [2.05, 4.69) is 5.32 Å². The fourth-order valence-electron chi connectivity index (χ4n) is 5.57. The van der Waals surface area contributed by atoms with Crippen LogP contribution in [-0.4, -0.2) is 69.5 Å². The van der Waals surface area contributed by atoms with Gasteiger partial charge < -0.3 is 15.1 Å². The first kappa shape index (κ1) is 27.6. The van der Waals surface area contributed by atoms with E-state index in [-0.39, 0.29) is 55.3 Å². The van der Waals surface area contributed by atoms with E-state index in [1.807, 2.05) is 62.9 Å². The van der Waals surface area contributed by atoms with Crippen LogP contribution in [0.5, 0.6) is 0 Å². The minimum absolute atomic E-state index is 0.0209. The Labute approximate surface area is 224 Å². The Hall–Kier alpha value is -3.46. The van der Waals surface area contributed by atoms with Gasteiger partial charge in [-0.15, -0.1) is 0 Å². The maximum Gasteiger partial charge on any atom is 0.334 e. The number of carbonyl (C=O) groups is 3. The number of benzene rings is 2. The molecule has 2 aromatic rings. The van der Waals surface area contributed by atoms with Crippen molar-refractivity contribution in [3.63, 3.8) is 0 Å². The predicted molar refractivity (Wildman–Crippen MR) is 143 cm³/mol. The number of hydrogen-bond donors (Lipinski definition) is 1. The Balaban J connectivity index is 1.69. The lowest BCUT2D eigenvalue weighted by molar-refractivity contribution is -0.195. The number of amides is 4. The average Bonchev–Trinajstić information content (AvgIpc) is 2.93. The molecule has 9 heteroatoms. The minimum Gasteiger partial charge on any atom is -0.333 e. The smallest absolute Gasteiger partial charge is 0.333 e. The van der Waals surface area contributed by atoms with Gasteiger partial charge in [0.2, 0.25) is 11.8 Å². The van der Waals surface area contributed by atoms with Crippen LogP contribution < -0.4 is 5.32 Å². The molecule has 8 nitrogen and oxygen atoms in total. The molecule has 2 aromatic carbocycles. The summed E-state index contributed by atoms with van der Waals surface area (Å²) in [5, 5.41) is 6.29. The highest BCUT2D eigenvalue weighted by Gasteiger charge is 2.53. The molecule has 0 spiro atoms. The quantitative estimate of drug-likeness (QED) is 0.564. The van der Waals surface area contributed by atoms with E-state index in [1.165, 1.54) is 12.1 Å². The molecule has 0 aliphatic carbocycles. The first-order valence-electron chi connectivity index (χ1n) is 13.5. The number of fused-ring (bicyclic) bond motifs is 1. The molecule has 1 unspecified atom stereocenters. The summed E-state index contributed by atoms with van der Waals surface area (Å²) in [4.78, 5) is 44.7. The van der Waals surface area contributed by atoms with E-state index in [9.17, 15) is 18.8 Å². The minimum atomic E-state index is -0.657. The first-order valence-corrected chi connectivity index (χ1v) is 13.5. The third kappa shape index (κ3) is 5.38. The van der Waals surface area contributed by atoms with Crippen molar-refractivity contribution < 1.29 is 18.8 Å². The monoisotopic (exact) mass is 523 g/mol. The Morgan fingerprint density at radius 3 is 2.32 bits per heavy atom. The third-order valence-electron chi connectivity index (χ3n) is 7.77. The maximum absolute atomic E-state index is 14.0. The normalized spacial score (nSPS) is 21.8. The standard InChI is InChI=1S/C29H38FN5O3/c1-5-20(4)27-28(37)33(24(6-2)22-11-9-8-10-12-22)18-25-34(27)26(36)19-32(7-3)35(25)29(38)31-17-21-13-15-23(30)16-14-21/h8-16,20,24-25,27H,5-7,17-19H2,1-4H3,(H,31,38)/t20?,24-,25-,27-/m0/s1. The topological polar surface area (TPSA) is 76.2 Å². The van der Waals surface area contributed by atoms with Crippen LogP contribution in [0.2, 0.25) is 0 Å². The number of halogens is 1. The number of hydrazine groups is 1. The molecule has 2 aliphatic heterocycles. The second-order valence-electron chi connectivity index (χ2n) is 10.0. The lowest BCUT2D eigenvalue weighted by atomic mass is 9.90. The van der Waals surface area contributed by atoms with Crippen LogP contribution in [0.4, 0.5) is 9.18 Å². The van der Waals surface area contributed by atoms with Crippen LogP contribution in [0, 0.1) is 11.7 Å². The molecule has 0 aromatic heterocycles. The summed E-state index contributed by atoms with van der Waals surface area (Å²) in [5.74, 6) is -0.640. The fraction of sp³-hybridized carbons (Fsp3) is 0.483. The van der Waals surface area contributed by atoms with Gasteiger partial charge in [-0.05, 0) is 35.6 Å². The van der Waals surface area contributed by atoms with E-state index in [0.29, 0.717) is 13.0 Å². The SMILES string of the molecule is CCC(C)[C@H]1C(=O)N([C@@H](CC)c2ccccc2)C[C@H]2N1C(=O)CN(CC)N2C(=O)NCc1ccc(F)cc1. The van der Waals surface area contributed by atoms with E-state index < -0.39 is 12.2 Å². The Morgan fingerprint density at radius 1 is 1.03 bits per heavy atom. The van der Waals surface area contributed by atoms with Crippen molar-refractivity contribution in [3.8, 4) is 0 Å². The second kappa shape index (κ2) is 11.9. The zero-order valence-corrected chi connectivity index (χ0v) is 22.6. The van der Waals surface area contributed by atoms with E-state index >= 15 is 0 Å². The molecule has 2 aliphatic rings. The number of likely N-dealkylation sites (N-methyl/N-ethyl adjacent to an activating group) is 1. The van der Waals surface area contributed by atoms with Crippen LogP contribution in [0.25, 0.3) is 0 Å². The number of carbonyl (C=O) groups excluding carboxylic acids is 3. The van der Waals surface area contributed by atoms with Gasteiger partial charge in [-0.2, -0.15) is 0 Å². The van der Waals surface area contributed by atoms with Crippen LogP contribution in [-0.2, 0) is 16.1 Å². The number of piperazine rings is 1. The Morgan fingerprint density at radius 2 is 1.71 bits per heavy atom. The van der Waals surface area contributed by atoms with Gasteiger partial charge >= 0.3 is 6.03 Å². The molecule has 2 saturated heterocycles. The van der Waals surface area contributed by atoms with Crippen LogP contribution >= 0.6 is 0 Å². The molecular formula is C29H38FN5O3. The highest BCUT2D eigenvalue weighted by atomic mass is 19.1. The van der Waals surface area contributed by atoms with Crippen LogP contribution in [0.3, 0.4) is 0 Å². The Kier molecular flexibility index (Phi) is 8.66. The molecule has 4 rings (SSSR count). The molecule has 4 atom stereocenters. The summed E-state index contributed by atoms with van der Waals surface area (Å²) in [7, 11) is 0. The summed E-state index contributed by atoms with van der Waals surface area (Å²) in [5.41, 5.74) is 1.79.